The Morgan fingerprint density at radius 3 is 2.45 bits per heavy atom. The average molecular weight is 283 g/mol. The van der Waals surface area contributed by atoms with Crippen molar-refractivity contribution in [2.75, 3.05) is 5.32 Å². The number of para-hydroxylation sites is 1. The lowest BCUT2D eigenvalue weighted by atomic mass is 9.96. The van der Waals surface area contributed by atoms with E-state index in [9.17, 15) is 5.11 Å². The first-order valence-corrected chi connectivity index (χ1v) is 7.49. The van der Waals surface area contributed by atoms with Crippen molar-refractivity contribution in [3.63, 3.8) is 0 Å². The Bertz CT molecular complexity index is 740. The van der Waals surface area contributed by atoms with E-state index in [-0.39, 0.29) is 0 Å². The summed E-state index contributed by atoms with van der Waals surface area (Å²) in [5.74, 6) is 0. The van der Waals surface area contributed by atoms with Crippen molar-refractivity contribution < 1.29 is 5.11 Å². The molecule has 102 valence electrons. The van der Waals surface area contributed by atoms with Crippen LogP contribution in [0.15, 0.2) is 53.9 Å². The van der Waals surface area contributed by atoms with Gasteiger partial charge in [-0.05, 0) is 26.0 Å². The summed E-state index contributed by atoms with van der Waals surface area (Å²) in [5, 5.41) is 17.1. The molecular weight excluding hydrogens is 266 g/mol. The van der Waals surface area contributed by atoms with E-state index in [4.69, 9.17) is 0 Å². The van der Waals surface area contributed by atoms with Crippen molar-refractivity contribution in [2.24, 2.45) is 0 Å². The lowest BCUT2D eigenvalue weighted by Gasteiger charge is -2.22. The lowest BCUT2D eigenvalue weighted by molar-refractivity contribution is 0.0794. The molecule has 2 nitrogen and oxygen atoms in total. The van der Waals surface area contributed by atoms with Crippen LogP contribution in [0.25, 0.3) is 10.1 Å². The molecule has 2 N–H and O–H groups in total. The van der Waals surface area contributed by atoms with Crippen LogP contribution in [0, 0.1) is 0 Å². The number of aliphatic hydroxyl groups is 1. The first kappa shape index (κ1) is 13.2. The summed E-state index contributed by atoms with van der Waals surface area (Å²) >= 11 is 1.72. The Labute approximate surface area is 122 Å². The zero-order valence-corrected chi connectivity index (χ0v) is 12.4. The summed E-state index contributed by atoms with van der Waals surface area (Å²) in [6.45, 7) is 3.61. The van der Waals surface area contributed by atoms with E-state index >= 15 is 0 Å². The summed E-state index contributed by atoms with van der Waals surface area (Å²) in [4.78, 5) is 0. The molecule has 0 amide bonds. The topological polar surface area (TPSA) is 32.3 Å². The van der Waals surface area contributed by atoms with E-state index in [1.54, 1.807) is 25.2 Å². The summed E-state index contributed by atoms with van der Waals surface area (Å²) in [6, 6.07) is 16.2. The van der Waals surface area contributed by atoms with Crippen LogP contribution < -0.4 is 5.32 Å². The molecule has 1 heterocycles. The van der Waals surface area contributed by atoms with E-state index < -0.39 is 5.60 Å². The molecule has 0 bridgehead atoms. The third kappa shape index (κ3) is 2.42. The normalized spacial score (nSPS) is 11.8. The van der Waals surface area contributed by atoms with E-state index in [1.807, 2.05) is 36.4 Å². The second-order valence-corrected chi connectivity index (χ2v) is 6.29. The van der Waals surface area contributed by atoms with Gasteiger partial charge in [0.2, 0.25) is 0 Å². The molecule has 0 aliphatic carbocycles. The minimum Gasteiger partial charge on any atom is -0.386 e. The SMILES string of the molecule is CC(C)(O)c1ccccc1Nc1csc2ccccc12. The second-order valence-electron chi connectivity index (χ2n) is 5.38. The molecule has 0 unspecified atom stereocenters. The van der Waals surface area contributed by atoms with Crippen LogP contribution in [0.2, 0.25) is 0 Å². The predicted octanol–water partition coefficient (Wildman–Crippen LogP) is 4.87. The van der Waals surface area contributed by atoms with E-state index in [1.165, 1.54) is 10.1 Å². The molecule has 0 spiro atoms. The summed E-state index contributed by atoms with van der Waals surface area (Å²) in [6.07, 6.45) is 0. The smallest absolute Gasteiger partial charge is 0.0860 e. The Morgan fingerprint density at radius 1 is 0.950 bits per heavy atom. The monoisotopic (exact) mass is 283 g/mol. The highest BCUT2D eigenvalue weighted by atomic mass is 32.1. The summed E-state index contributed by atoms with van der Waals surface area (Å²) in [7, 11) is 0. The highest BCUT2D eigenvalue weighted by Gasteiger charge is 2.19. The van der Waals surface area contributed by atoms with Crippen molar-refractivity contribution in [2.45, 2.75) is 19.4 Å². The molecule has 0 aliphatic heterocycles. The minimum atomic E-state index is -0.866. The van der Waals surface area contributed by atoms with Gasteiger partial charge in [-0.2, -0.15) is 0 Å². The van der Waals surface area contributed by atoms with Crippen LogP contribution in [-0.4, -0.2) is 5.11 Å². The van der Waals surface area contributed by atoms with Gasteiger partial charge in [-0.25, -0.2) is 0 Å². The van der Waals surface area contributed by atoms with E-state index in [0.29, 0.717) is 0 Å². The Hall–Kier alpha value is -1.84. The van der Waals surface area contributed by atoms with Gasteiger partial charge in [0.1, 0.15) is 0 Å². The second kappa shape index (κ2) is 4.93. The van der Waals surface area contributed by atoms with Crippen LogP contribution in [0.1, 0.15) is 19.4 Å². The molecule has 2 aromatic carbocycles. The van der Waals surface area contributed by atoms with Gasteiger partial charge in [0.05, 0.1) is 11.3 Å². The van der Waals surface area contributed by atoms with E-state index in [2.05, 4.69) is 22.8 Å². The fourth-order valence-electron chi connectivity index (χ4n) is 2.35. The largest absolute Gasteiger partial charge is 0.386 e. The minimum absolute atomic E-state index is 0.866. The molecule has 0 saturated carbocycles. The summed E-state index contributed by atoms with van der Waals surface area (Å²) < 4.78 is 1.26. The van der Waals surface area contributed by atoms with E-state index in [0.717, 1.165) is 16.9 Å². The van der Waals surface area contributed by atoms with Crippen molar-refractivity contribution in [3.05, 3.63) is 59.5 Å². The maximum atomic E-state index is 10.3. The third-order valence-electron chi connectivity index (χ3n) is 3.34. The van der Waals surface area contributed by atoms with Crippen LogP contribution in [0.3, 0.4) is 0 Å². The molecular formula is C17H17NOS. The Kier molecular flexibility index (Phi) is 3.24. The van der Waals surface area contributed by atoms with Gasteiger partial charge < -0.3 is 10.4 Å². The van der Waals surface area contributed by atoms with Crippen molar-refractivity contribution in [1.82, 2.24) is 0 Å². The van der Waals surface area contributed by atoms with Crippen LogP contribution in [-0.2, 0) is 5.60 Å². The number of hydrogen-bond acceptors (Lipinski definition) is 3. The highest BCUT2D eigenvalue weighted by Crippen LogP contribution is 2.35. The predicted molar refractivity (Wildman–Crippen MR) is 86.8 cm³/mol. The molecule has 3 aromatic rings. The van der Waals surface area contributed by atoms with Gasteiger partial charge in [-0.3, -0.25) is 0 Å². The molecule has 3 heteroatoms. The number of rotatable bonds is 3. The number of anilines is 2. The Balaban J connectivity index is 2.04. The van der Waals surface area contributed by atoms with Crippen LogP contribution >= 0.6 is 11.3 Å². The highest BCUT2D eigenvalue weighted by molar-refractivity contribution is 7.17. The molecule has 0 aliphatic rings. The molecule has 0 atom stereocenters. The zero-order chi connectivity index (χ0) is 14.2. The molecule has 20 heavy (non-hydrogen) atoms. The maximum absolute atomic E-state index is 10.3. The van der Waals surface area contributed by atoms with Gasteiger partial charge in [0.15, 0.2) is 0 Å². The van der Waals surface area contributed by atoms with Gasteiger partial charge in [0, 0.05) is 26.7 Å². The first-order valence-electron chi connectivity index (χ1n) is 6.61. The van der Waals surface area contributed by atoms with Crippen molar-refractivity contribution in [3.8, 4) is 0 Å². The van der Waals surface area contributed by atoms with Gasteiger partial charge in [-0.15, -0.1) is 11.3 Å². The molecule has 0 fully saturated rings. The van der Waals surface area contributed by atoms with Gasteiger partial charge in [0.25, 0.3) is 0 Å². The standard InChI is InChI=1S/C17H17NOS/c1-17(2,19)13-8-4-5-9-14(13)18-15-11-20-16-10-6-3-7-12(15)16/h3-11,18-19H,1-2H3. The Morgan fingerprint density at radius 2 is 1.65 bits per heavy atom. The van der Waals surface area contributed by atoms with Gasteiger partial charge >= 0.3 is 0 Å². The fraction of sp³-hybridized carbons (Fsp3) is 0.176. The quantitative estimate of drug-likeness (QED) is 0.718. The average Bonchev–Trinajstić information content (AvgIpc) is 2.82. The molecule has 1 aromatic heterocycles. The van der Waals surface area contributed by atoms with Crippen LogP contribution in [0.5, 0.6) is 0 Å². The number of thiophene rings is 1. The van der Waals surface area contributed by atoms with Gasteiger partial charge in [-0.1, -0.05) is 36.4 Å². The zero-order valence-electron chi connectivity index (χ0n) is 11.6. The third-order valence-corrected chi connectivity index (χ3v) is 4.30. The summed E-state index contributed by atoms with van der Waals surface area (Å²) in [5.41, 5.74) is 2.07. The first-order chi connectivity index (χ1) is 9.55. The fourth-order valence-corrected chi connectivity index (χ4v) is 3.24. The molecule has 3 rings (SSSR count). The maximum Gasteiger partial charge on any atom is 0.0860 e. The number of fused-ring (bicyclic) bond motifs is 1. The molecule has 0 saturated heterocycles. The van der Waals surface area contributed by atoms with Crippen molar-refractivity contribution in [1.29, 1.82) is 0 Å². The lowest BCUT2D eigenvalue weighted by Crippen LogP contribution is -2.17. The van der Waals surface area contributed by atoms with Crippen LogP contribution in [0.4, 0.5) is 11.4 Å². The van der Waals surface area contributed by atoms with Crippen molar-refractivity contribution >= 4 is 32.8 Å². The number of benzene rings is 2. The molecule has 0 radical (unpaired) electrons. The number of nitrogens with one attached hydrogen (secondary N) is 1. The number of hydrogen-bond donors (Lipinski definition) is 2.